The van der Waals surface area contributed by atoms with E-state index in [9.17, 15) is 4.79 Å². The topological polar surface area (TPSA) is 82.6 Å². The van der Waals surface area contributed by atoms with Crippen LogP contribution in [-0.4, -0.2) is 33.8 Å². The molecule has 0 radical (unpaired) electrons. The maximum atomic E-state index is 11.9. The molecule has 1 aliphatic rings. The van der Waals surface area contributed by atoms with Crippen LogP contribution in [0.5, 0.6) is 11.5 Å². The predicted octanol–water partition coefficient (Wildman–Crippen LogP) is 6.47. The Bertz CT molecular complexity index is 1180. The fourth-order valence-electron chi connectivity index (χ4n) is 4.11. The van der Waals surface area contributed by atoms with Gasteiger partial charge in [0.05, 0.1) is 0 Å². The highest BCUT2D eigenvalue weighted by atomic mass is 35.5. The first-order valence-electron chi connectivity index (χ1n) is 12.4. The summed E-state index contributed by atoms with van der Waals surface area (Å²) < 4.78 is 17.3. The molecule has 0 spiro atoms. The van der Waals surface area contributed by atoms with E-state index >= 15 is 0 Å². The molecule has 0 bridgehead atoms. The van der Waals surface area contributed by atoms with E-state index < -0.39 is 5.60 Å². The second-order valence-corrected chi connectivity index (χ2v) is 11.2. The first-order chi connectivity index (χ1) is 17.5. The van der Waals surface area contributed by atoms with Crippen molar-refractivity contribution >= 4 is 17.7 Å². The van der Waals surface area contributed by atoms with Gasteiger partial charge in [0, 0.05) is 42.3 Å². The molecule has 196 valence electrons. The Balaban J connectivity index is 1.27. The monoisotopic (exact) mass is 523 g/mol. The summed E-state index contributed by atoms with van der Waals surface area (Å²) in [6.45, 7) is 10.3. The van der Waals surface area contributed by atoms with Gasteiger partial charge in [0.15, 0.2) is 0 Å². The van der Waals surface area contributed by atoms with Crippen molar-refractivity contribution in [3.05, 3.63) is 82.9 Å². The third-order valence-electron chi connectivity index (χ3n) is 6.35. The molecule has 4 rings (SSSR count). The van der Waals surface area contributed by atoms with E-state index in [0.29, 0.717) is 6.61 Å². The van der Waals surface area contributed by atoms with Crippen LogP contribution in [-0.2, 0) is 16.8 Å². The molecule has 3 aromatic rings. The van der Waals surface area contributed by atoms with Crippen molar-refractivity contribution in [2.75, 3.05) is 0 Å². The number of nitrogens with zero attached hydrogens (tertiary/aromatic N) is 2. The first kappa shape index (κ1) is 26.7. The molecule has 0 unspecified atom stereocenters. The highest BCUT2D eigenvalue weighted by Gasteiger charge is 2.33. The zero-order valence-electron chi connectivity index (χ0n) is 22.0. The Morgan fingerprint density at radius 1 is 0.919 bits per heavy atom. The molecule has 1 saturated carbocycles. The lowest BCUT2D eigenvalue weighted by atomic mass is 9.78. The Kier molecular flexibility index (Phi) is 7.93. The summed E-state index contributed by atoms with van der Waals surface area (Å²) in [7, 11) is 0. The summed E-state index contributed by atoms with van der Waals surface area (Å²) in [6, 6.07) is 16.5. The van der Waals surface area contributed by atoms with Crippen molar-refractivity contribution in [1.29, 1.82) is 0 Å². The number of halogens is 1. The van der Waals surface area contributed by atoms with Gasteiger partial charge < -0.3 is 19.5 Å². The standard InChI is InChI=1S/C29H34ClN3O4/c1-28(2,3)37-27(34)33-22-14-25(15-22)36-24-12-8-21(9-13-24)29(4,5)20-6-10-23(11-7-20)35-18-19-16-31-26(30)32-17-19/h6-13,16-17,22,25H,14-15,18H2,1-5H3,(H,33,34). The molecule has 8 heteroatoms. The number of alkyl carbamates (subject to hydrolysis) is 1. The van der Waals surface area contributed by atoms with Crippen LogP contribution in [0.4, 0.5) is 4.79 Å². The van der Waals surface area contributed by atoms with E-state index in [1.54, 1.807) is 12.4 Å². The molecule has 1 N–H and O–H groups in total. The van der Waals surface area contributed by atoms with Gasteiger partial charge in [-0.25, -0.2) is 14.8 Å². The molecule has 1 aliphatic carbocycles. The number of ether oxygens (including phenoxy) is 3. The van der Waals surface area contributed by atoms with Crippen LogP contribution in [0.25, 0.3) is 0 Å². The summed E-state index contributed by atoms with van der Waals surface area (Å²) in [5.74, 6) is 1.61. The number of benzene rings is 2. The lowest BCUT2D eigenvalue weighted by molar-refractivity contribution is 0.0363. The number of hydrogen-bond acceptors (Lipinski definition) is 6. The lowest BCUT2D eigenvalue weighted by Crippen LogP contribution is -2.50. The normalized spacial score (nSPS) is 17.5. The van der Waals surface area contributed by atoms with Gasteiger partial charge in [0.25, 0.3) is 0 Å². The van der Waals surface area contributed by atoms with E-state index in [4.69, 9.17) is 25.8 Å². The molecule has 37 heavy (non-hydrogen) atoms. The van der Waals surface area contributed by atoms with E-state index in [1.165, 1.54) is 11.1 Å². The maximum Gasteiger partial charge on any atom is 0.407 e. The third-order valence-corrected chi connectivity index (χ3v) is 6.54. The van der Waals surface area contributed by atoms with Crippen LogP contribution in [0.2, 0.25) is 5.28 Å². The SMILES string of the molecule is CC(C)(C)OC(=O)NC1CC(Oc2ccc(C(C)(C)c3ccc(OCc4cnc(Cl)nc4)cc3)cc2)C1. The number of aromatic nitrogens is 2. The third kappa shape index (κ3) is 7.35. The van der Waals surface area contributed by atoms with Gasteiger partial charge in [-0.1, -0.05) is 38.1 Å². The fraction of sp³-hybridized carbons (Fsp3) is 0.414. The number of hydrogen-bond donors (Lipinski definition) is 1. The van der Waals surface area contributed by atoms with E-state index in [-0.39, 0.29) is 28.9 Å². The van der Waals surface area contributed by atoms with Gasteiger partial charge in [0.2, 0.25) is 5.28 Å². The number of rotatable bonds is 8. The highest BCUT2D eigenvalue weighted by Crippen LogP contribution is 2.34. The molecule has 2 aromatic carbocycles. The van der Waals surface area contributed by atoms with E-state index in [1.807, 2.05) is 45.0 Å². The van der Waals surface area contributed by atoms with Gasteiger partial charge in [-0.2, -0.15) is 0 Å². The predicted molar refractivity (Wildman–Crippen MR) is 143 cm³/mol. The smallest absolute Gasteiger partial charge is 0.407 e. The summed E-state index contributed by atoms with van der Waals surface area (Å²) in [5.41, 5.74) is 2.53. The van der Waals surface area contributed by atoms with Crippen molar-refractivity contribution in [3.63, 3.8) is 0 Å². The average Bonchev–Trinajstić information content (AvgIpc) is 2.82. The molecule has 1 fully saturated rings. The fourth-order valence-corrected chi connectivity index (χ4v) is 4.21. The van der Waals surface area contributed by atoms with Crippen LogP contribution in [0.1, 0.15) is 64.2 Å². The molecule has 0 saturated heterocycles. The Morgan fingerprint density at radius 2 is 1.46 bits per heavy atom. The molecule has 1 aromatic heterocycles. The van der Waals surface area contributed by atoms with Crippen LogP contribution in [0.15, 0.2) is 60.9 Å². The van der Waals surface area contributed by atoms with Crippen LogP contribution in [0.3, 0.4) is 0 Å². The first-order valence-corrected chi connectivity index (χ1v) is 12.8. The molecule has 1 amide bonds. The summed E-state index contributed by atoms with van der Waals surface area (Å²) in [6.07, 6.45) is 4.57. The Morgan fingerprint density at radius 3 is 2.00 bits per heavy atom. The summed E-state index contributed by atoms with van der Waals surface area (Å²) in [4.78, 5) is 19.8. The Hall–Kier alpha value is -3.32. The van der Waals surface area contributed by atoms with Crippen molar-refractivity contribution in [1.82, 2.24) is 15.3 Å². The Labute approximate surface area is 223 Å². The van der Waals surface area contributed by atoms with Crippen molar-refractivity contribution in [3.8, 4) is 11.5 Å². The molecular weight excluding hydrogens is 490 g/mol. The number of carbonyl (C=O) groups is 1. The maximum absolute atomic E-state index is 11.9. The van der Waals surface area contributed by atoms with Gasteiger partial charge >= 0.3 is 6.09 Å². The van der Waals surface area contributed by atoms with Crippen LogP contribution >= 0.6 is 11.6 Å². The minimum absolute atomic E-state index is 0.0875. The molecule has 1 heterocycles. The number of amides is 1. The average molecular weight is 524 g/mol. The highest BCUT2D eigenvalue weighted by molar-refractivity contribution is 6.28. The lowest BCUT2D eigenvalue weighted by Gasteiger charge is -2.36. The van der Waals surface area contributed by atoms with Gasteiger partial charge in [0.1, 0.15) is 29.8 Å². The van der Waals surface area contributed by atoms with Crippen molar-refractivity contribution in [2.24, 2.45) is 0 Å². The van der Waals surface area contributed by atoms with Crippen LogP contribution < -0.4 is 14.8 Å². The molecule has 7 nitrogen and oxygen atoms in total. The van der Waals surface area contributed by atoms with Gasteiger partial charge in [-0.3, -0.25) is 0 Å². The molecule has 0 aliphatic heterocycles. The second kappa shape index (κ2) is 11.0. The van der Waals surface area contributed by atoms with E-state index in [0.717, 1.165) is 29.9 Å². The minimum atomic E-state index is -0.497. The minimum Gasteiger partial charge on any atom is -0.490 e. The van der Waals surface area contributed by atoms with E-state index in [2.05, 4.69) is 53.4 Å². The zero-order chi connectivity index (χ0) is 26.6. The van der Waals surface area contributed by atoms with Crippen molar-refractivity contribution < 1.29 is 19.0 Å². The second-order valence-electron chi connectivity index (χ2n) is 10.9. The summed E-state index contributed by atoms with van der Waals surface area (Å²) >= 11 is 5.73. The van der Waals surface area contributed by atoms with Gasteiger partial charge in [-0.15, -0.1) is 0 Å². The summed E-state index contributed by atoms with van der Waals surface area (Å²) in [5, 5.41) is 3.12. The largest absolute Gasteiger partial charge is 0.490 e. The molecular formula is C29H34ClN3O4. The van der Waals surface area contributed by atoms with Gasteiger partial charge in [-0.05, 0) is 67.8 Å². The zero-order valence-corrected chi connectivity index (χ0v) is 22.7. The van der Waals surface area contributed by atoms with Crippen molar-refractivity contribution in [2.45, 2.75) is 77.2 Å². The number of nitrogens with one attached hydrogen (secondary N) is 1. The quantitative estimate of drug-likeness (QED) is 0.341. The van der Waals surface area contributed by atoms with Crippen LogP contribution in [0, 0.1) is 0 Å². The molecule has 0 atom stereocenters. The number of carbonyl (C=O) groups excluding carboxylic acids is 1.